The van der Waals surface area contributed by atoms with Crippen molar-refractivity contribution in [3.05, 3.63) is 23.0 Å². The maximum atomic E-state index is 5.90. The number of hydrogen-bond donors (Lipinski definition) is 1. The molecule has 2 rings (SSSR count). The Balaban J connectivity index is 2.41. The van der Waals surface area contributed by atoms with Crippen molar-refractivity contribution in [2.45, 2.75) is 34.1 Å². The molecule has 2 unspecified atom stereocenters. The number of rotatable bonds is 2. The van der Waals surface area contributed by atoms with Crippen molar-refractivity contribution in [1.29, 1.82) is 0 Å². The van der Waals surface area contributed by atoms with Crippen molar-refractivity contribution in [2.75, 3.05) is 18.0 Å². The Hall–Kier alpha value is -1.16. The molecule has 0 aromatic carbocycles. The molecule has 1 aromatic rings. The van der Waals surface area contributed by atoms with Gasteiger partial charge in [-0.05, 0) is 38.2 Å². The van der Waals surface area contributed by atoms with Crippen LogP contribution >= 0.6 is 12.2 Å². The Labute approximate surface area is 121 Å². The first-order chi connectivity index (χ1) is 8.90. The van der Waals surface area contributed by atoms with Crippen LogP contribution in [-0.2, 0) is 0 Å². The van der Waals surface area contributed by atoms with Gasteiger partial charge in [0.05, 0.1) is 11.3 Å². The molecular formula is C15H23N3S. The normalized spacial score (nSPS) is 23.5. The average Bonchev–Trinajstić information content (AvgIpc) is 2.31. The standard InChI is InChI=1S/C15H23N3S/c1-9-5-6-18(8-10(9)2)13-7-11(3)17-12(4)14(13)15(16)19/h7,9-10H,5-6,8H2,1-4H3,(H2,16,19). The number of nitrogens with zero attached hydrogens (tertiary/aromatic N) is 2. The van der Waals surface area contributed by atoms with E-state index < -0.39 is 0 Å². The van der Waals surface area contributed by atoms with Crippen LogP contribution in [0.3, 0.4) is 0 Å². The van der Waals surface area contributed by atoms with Gasteiger partial charge in [0.25, 0.3) is 0 Å². The second kappa shape index (κ2) is 5.45. The molecule has 0 saturated carbocycles. The Morgan fingerprint density at radius 2 is 2.05 bits per heavy atom. The Bertz CT molecular complexity index is 498. The molecule has 0 radical (unpaired) electrons. The fourth-order valence-electron chi connectivity index (χ4n) is 2.84. The van der Waals surface area contributed by atoms with Gasteiger partial charge in [-0.15, -0.1) is 0 Å². The SMILES string of the molecule is Cc1cc(N2CCC(C)C(C)C2)c(C(N)=S)c(C)n1. The van der Waals surface area contributed by atoms with Crippen LogP contribution in [0.4, 0.5) is 5.69 Å². The van der Waals surface area contributed by atoms with Crippen LogP contribution < -0.4 is 10.6 Å². The van der Waals surface area contributed by atoms with Gasteiger partial charge < -0.3 is 10.6 Å². The van der Waals surface area contributed by atoms with E-state index in [1.165, 1.54) is 6.42 Å². The predicted octanol–water partition coefficient (Wildman–Crippen LogP) is 2.81. The first-order valence-electron chi connectivity index (χ1n) is 6.93. The lowest BCUT2D eigenvalue weighted by Crippen LogP contribution is -2.39. The smallest absolute Gasteiger partial charge is 0.107 e. The van der Waals surface area contributed by atoms with E-state index in [2.05, 4.69) is 29.8 Å². The molecule has 2 atom stereocenters. The van der Waals surface area contributed by atoms with Crippen LogP contribution in [0.5, 0.6) is 0 Å². The van der Waals surface area contributed by atoms with E-state index in [-0.39, 0.29) is 0 Å². The third kappa shape index (κ3) is 2.89. The lowest BCUT2D eigenvalue weighted by molar-refractivity contribution is 0.324. The zero-order chi connectivity index (χ0) is 14.2. The highest BCUT2D eigenvalue weighted by Crippen LogP contribution is 2.30. The molecular weight excluding hydrogens is 254 g/mol. The summed E-state index contributed by atoms with van der Waals surface area (Å²) in [5.74, 6) is 1.48. The molecule has 0 amide bonds. The first-order valence-corrected chi connectivity index (χ1v) is 7.34. The van der Waals surface area contributed by atoms with Crippen LogP contribution in [0.1, 0.15) is 37.2 Å². The number of thiocarbonyl (C=S) groups is 1. The molecule has 1 aliphatic rings. The third-order valence-electron chi connectivity index (χ3n) is 4.23. The van der Waals surface area contributed by atoms with Gasteiger partial charge in [0, 0.05) is 24.5 Å². The van der Waals surface area contributed by atoms with Crippen molar-refractivity contribution in [3.63, 3.8) is 0 Å². The summed E-state index contributed by atoms with van der Waals surface area (Å²) in [4.78, 5) is 7.36. The molecule has 0 aliphatic carbocycles. The maximum Gasteiger partial charge on any atom is 0.107 e. The lowest BCUT2D eigenvalue weighted by atomic mass is 9.88. The van der Waals surface area contributed by atoms with Gasteiger partial charge in [0.2, 0.25) is 0 Å². The molecule has 2 heterocycles. The number of pyridine rings is 1. The first kappa shape index (κ1) is 14.3. The molecule has 1 aliphatic heterocycles. The number of anilines is 1. The zero-order valence-corrected chi connectivity index (χ0v) is 13.0. The van der Waals surface area contributed by atoms with Gasteiger partial charge in [-0.1, -0.05) is 26.1 Å². The predicted molar refractivity (Wildman–Crippen MR) is 84.8 cm³/mol. The monoisotopic (exact) mass is 277 g/mol. The number of nitrogens with two attached hydrogens (primary N) is 1. The minimum atomic E-state index is 0.450. The van der Waals surface area contributed by atoms with Gasteiger partial charge >= 0.3 is 0 Å². The molecule has 4 heteroatoms. The number of aryl methyl sites for hydroxylation is 2. The highest BCUT2D eigenvalue weighted by Gasteiger charge is 2.25. The van der Waals surface area contributed by atoms with E-state index in [1.54, 1.807) is 0 Å². The van der Waals surface area contributed by atoms with Crippen molar-refractivity contribution in [1.82, 2.24) is 4.98 Å². The molecule has 3 nitrogen and oxygen atoms in total. The van der Waals surface area contributed by atoms with Gasteiger partial charge in [-0.25, -0.2) is 0 Å². The quantitative estimate of drug-likeness (QED) is 0.844. The largest absolute Gasteiger partial charge is 0.389 e. The van der Waals surface area contributed by atoms with E-state index >= 15 is 0 Å². The fraction of sp³-hybridized carbons (Fsp3) is 0.600. The lowest BCUT2D eigenvalue weighted by Gasteiger charge is -2.38. The molecule has 0 spiro atoms. The van der Waals surface area contributed by atoms with Crippen molar-refractivity contribution >= 4 is 22.9 Å². The minimum Gasteiger partial charge on any atom is -0.389 e. The van der Waals surface area contributed by atoms with Crippen LogP contribution in [0, 0.1) is 25.7 Å². The van der Waals surface area contributed by atoms with Crippen LogP contribution in [-0.4, -0.2) is 23.1 Å². The van der Waals surface area contributed by atoms with E-state index in [1.807, 2.05) is 13.8 Å². The molecule has 19 heavy (non-hydrogen) atoms. The molecule has 1 saturated heterocycles. The van der Waals surface area contributed by atoms with Gasteiger partial charge in [0.1, 0.15) is 4.99 Å². The van der Waals surface area contributed by atoms with Crippen LogP contribution in [0.25, 0.3) is 0 Å². The minimum absolute atomic E-state index is 0.450. The Morgan fingerprint density at radius 3 is 2.63 bits per heavy atom. The summed E-state index contributed by atoms with van der Waals surface area (Å²) in [5, 5.41) is 0. The van der Waals surface area contributed by atoms with Gasteiger partial charge in [-0.3, -0.25) is 4.98 Å². The summed E-state index contributed by atoms with van der Waals surface area (Å²) in [6.45, 7) is 10.8. The number of hydrogen-bond acceptors (Lipinski definition) is 3. The Kier molecular flexibility index (Phi) is 4.09. The van der Waals surface area contributed by atoms with Crippen LogP contribution in [0.15, 0.2) is 6.07 Å². The van der Waals surface area contributed by atoms with Crippen molar-refractivity contribution < 1.29 is 0 Å². The van der Waals surface area contributed by atoms with E-state index in [9.17, 15) is 0 Å². The number of piperidine rings is 1. The summed E-state index contributed by atoms with van der Waals surface area (Å²) in [7, 11) is 0. The average molecular weight is 277 g/mol. The molecule has 104 valence electrons. The summed E-state index contributed by atoms with van der Waals surface area (Å²) in [5.41, 5.74) is 9.97. The highest BCUT2D eigenvalue weighted by atomic mass is 32.1. The third-order valence-corrected chi connectivity index (χ3v) is 4.43. The highest BCUT2D eigenvalue weighted by molar-refractivity contribution is 7.80. The van der Waals surface area contributed by atoms with E-state index in [0.717, 1.165) is 41.6 Å². The van der Waals surface area contributed by atoms with Gasteiger partial charge in [0.15, 0.2) is 0 Å². The fourth-order valence-corrected chi connectivity index (χ4v) is 3.10. The molecule has 1 fully saturated rings. The zero-order valence-electron chi connectivity index (χ0n) is 12.2. The van der Waals surface area contributed by atoms with Crippen molar-refractivity contribution in [3.8, 4) is 0 Å². The summed E-state index contributed by atoms with van der Waals surface area (Å²) >= 11 is 5.21. The molecule has 0 bridgehead atoms. The second-order valence-corrected chi connectivity index (χ2v) is 6.24. The van der Waals surface area contributed by atoms with Gasteiger partial charge in [-0.2, -0.15) is 0 Å². The number of aromatic nitrogens is 1. The van der Waals surface area contributed by atoms with E-state index in [4.69, 9.17) is 18.0 Å². The van der Waals surface area contributed by atoms with Crippen molar-refractivity contribution in [2.24, 2.45) is 17.6 Å². The topological polar surface area (TPSA) is 42.1 Å². The summed E-state index contributed by atoms with van der Waals surface area (Å²) in [6.07, 6.45) is 1.22. The summed E-state index contributed by atoms with van der Waals surface area (Å²) in [6, 6.07) is 2.12. The molecule has 2 N–H and O–H groups in total. The summed E-state index contributed by atoms with van der Waals surface area (Å²) < 4.78 is 0. The van der Waals surface area contributed by atoms with E-state index in [0.29, 0.717) is 10.9 Å². The second-order valence-electron chi connectivity index (χ2n) is 5.80. The Morgan fingerprint density at radius 1 is 1.37 bits per heavy atom. The van der Waals surface area contributed by atoms with Crippen LogP contribution in [0.2, 0.25) is 0 Å². The maximum absolute atomic E-state index is 5.90. The molecule has 1 aromatic heterocycles.